The maximum Gasteiger partial charge on any atom is 0.249 e. The Bertz CT molecular complexity index is 986. The smallest absolute Gasteiger partial charge is 0.249 e. The van der Waals surface area contributed by atoms with Gasteiger partial charge in [-0.2, -0.15) is 0 Å². The first-order valence-electron chi connectivity index (χ1n) is 10.9. The monoisotopic (exact) mass is 463 g/mol. The Morgan fingerprint density at radius 1 is 1.34 bits per heavy atom. The highest BCUT2D eigenvalue weighted by Gasteiger charge is 2.48. The third-order valence-corrected chi connectivity index (χ3v) is 6.70. The molecule has 32 heavy (non-hydrogen) atoms. The predicted molar refractivity (Wildman–Crippen MR) is 117 cm³/mol. The van der Waals surface area contributed by atoms with Gasteiger partial charge in [-0.15, -0.1) is 11.3 Å². The summed E-state index contributed by atoms with van der Waals surface area (Å²) in [6, 6.07) is 7.38. The molecule has 2 aromatic rings. The van der Waals surface area contributed by atoms with Crippen LogP contribution in [0.1, 0.15) is 55.3 Å². The number of ether oxygens (including phenoxy) is 1. The van der Waals surface area contributed by atoms with Crippen molar-refractivity contribution >= 4 is 23.2 Å². The molecule has 0 saturated heterocycles. The molecule has 0 radical (unpaired) electrons. The number of alkyl halides is 2. The van der Waals surface area contributed by atoms with Gasteiger partial charge in [-0.1, -0.05) is 12.1 Å². The molecular weight excluding hydrogens is 436 g/mol. The van der Waals surface area contributed by atoms with Crippen molar-refractivity contribution in [3.63, 3.8) is 0 Å². The van der Waals surface area contributed by atoms with Crippen molar-refractivity contribution < 1.29 is 23.1 Å². The van der Waals surface area contributed by atoms with Gasteiger partial charge in [-0.25, -0.2) is 13.8 Å². The Balaban J connectivity index is 1.45. The number of amides is 2. The highest BCUT2D eigenvalue weighted by atomic mass is 32.1. The molecule has 0 spiro atoms. The summed E-state index contributed by atoms with van der Waals surface area (Å²) < 4.78 is 31.8. The number of thiazole rings is 1. The highest BCUT2D eigenvalue weighted by molar-refractivity contribution is 7.09. The first kappa shape index (κ1) is 22.6. The summed E-state index contributed by atoms with van der Waals surface area (Å²) in [4.78, 5) is 32.6. The first-order chi connectivity index (χ1) is 15.2. The van der Waals surface area contributed by atoms with Crippen molar-refractivity contribution in [2.45, 2.75) is 57.6 Å². The van der Waals surface area contributed by atoms with Gasteiger partial charge in [0.2, 0.25) is 17.7 Å². The Morgan fingerprint density at radius 3 is 2.84 bits per heavy atom. The van der Waals surface area contributed by atoms with Crippen LogP contribution >= 0.6 is 11.3 Å². The number of carbonyl (C=O) groups is 2. The average molecular weight is 464 g/mol. The number of aromatic nitrogens is 1. The number of fused-ring (bicyclic) bond motifs is 1. The summed E-state index contributed by atoms with van der Waals surface area (Å²) >= 11 is 1.59. The van der Waals surface area contributed by atoms with Gasteiger partial charge >= 0.3 is 0 Å². The van der Waals surface area contributed by atoms with Crippen LogP contribution in [0.3, 0.4) is 0 Å². The summed E-state index contributed by atoms with van der Waals surface area (Å²) in [7, 11) is 0. The van der Waals surface area contributed by atoms with Gasteiger partial charge in [-0.3, -0.25) is 9.59 Å². The zero-order valence-electron chi connectivity index (χ0n) is 18.1. The largest absolute Gasteiger partial charge is 0.491 e. The van der Waals surface area contributed by atoms with Crippen LogP contribution in [0.4, 0.5) is 8.78 Å². The second-order valence-electron chi connectivity index (χ2n) is 8.64. The number of nitrogens with zero attached hydrogens (tertiary/aromatic N) is 2. The van der Waals surface area contributed by atoms with E-state index in [1.54, 1.807) is 21.7 Å². The van der Waals surface area contributed by atoms with Crippen LogP contribution in [-0.2, 0) is 16.0 Å². The number of hydrogen-bond acceptors (Lipinski definition) is 5. The summed E-state index contributed by atoms with van der Waals surface area (Å²) in [5.41, 5.74) is 3.59. The molecule has 4 rings (SSSR count). The molecule has 1 aromatic carbocycles. The van der Waals surface area contributed by atoms with Crippen molar-refractivity contribution in [2.75, 3.05) is 13.1 Å². The van der Waals surface area contributed by atoms with Gasteiger partial charge in [-0.05, 0) is 31.5 Å². The van der Waals surface area contributed by atoms with E-state index in [0.717, 1.165) is 28.3 Å². The molecule has 1 aliphatic carbocycles. The van der Waals surface area contributed by atoms with Crippen molar-refractivity contribution in [2.24, 2.45) is 5.92 Å². The van der Waals surface area contributed by atoms with Crippen LogP contribution in [0.2, 0.25) is 0 Å². The van der Waals surface area contributed by atoms with Crippen LogP contribution in [-0.4, -0.2) is 46.8 Å². The second-order valence-corrected chi connectivity index (χ2v) is 9.58. The van der Waals surface area contributed by atoms with Gasteiger partial charge in [0.05, 0.1) is 17.3 Å². The second kappa shape index (κ2) is 9.13. The maximum absolute atomic E-state index is 13.1. The molecule has 9 heteroatoms. The molecule has 1 saturated carbocycles. The zero-order chi connectivity index (χ0) is 22.9. The molecule has 6 nitrogen and oxygen atoms in total. The fourth-order valence-electron chi connectivity index (χ4n) is 4.25. The third-order valence-electron chi connectivity index (χ3n) is 5.79. The lowest BCUT2D eigenvalue weighted by molar-refractivity contribution is -0.150. The molecule has 2 aliphatic rings. The predicted octanol–water partition coefficient (Wildman–Crippen LogP) is 3.96. The fourth-order valence-corrected chi connectivity index (χ4v) is 5.04. The minimum Gasteiger partial charge on any atom is -0.491 e. The first-order valence-corrected chi connectivity index (χ1v) is 11.8. The molecule has 1 aliphatic heterocycles. The van der Waals surface area contributed by atoms with Gasteiger partial charge in [0.15, 0.2) is 0 Å². The Kier molecular flexibility index (Phi) is 6.46. The van der Waals surface area contributed by atoms with Crippen LogP contribution in [0.25, 0.3) is 0 Å². The van der Waals surface area contributed by atoms with E-state index >= 15 is 0 Å². The van der Waals surface area contributed by atoms with E-state index in [-0.39, 0.29) is 31.0 Å². The van der Waals surface area contributed by atoms with Crippen molar-refractivity contribution in [3.8, 4) is 5.75 Å². The molecule has 1 N–H and O–H groups in total. The average Bonchev–Trinajstić information content (AvgIpc) is 3.19. The zero-order valence-corrected chi connectivity index (χ0v) is 19.0. The number of halogens is 2. The molecule has 1 atom stereocenters. The quantitative estimate of drug-likeness (QED) is 0.675. The minimum absolute atomic E-state index is 0.0309. The molecule has 1 aromatic heterocycles. The number of hydrogen-bond donors (Lipinski definition) is 1. The summed E-state index contributed by atoms with van der Waals surface area (Å²) in [6.07, 6.45) is 0.0366. The SMILES string of the molecule is CC(C)Oc1cccc(C2c3ncsc3CCN2C(=O)CCNC(=O)C2CC(F)(F)C2)c1. The molecule has 1 fully saturated rings. The van der Waals surface area contributed by atoms with Crippen LogP contribution in [0, 0.1) is 5.92 Å². The Labute approximate surface area is 190 Å². The van der Waals surface area contributed by atoms with Gasteiger partial charge < -0.3 is 15.0 Å². The molecular formula is C23H27F2N3O3S. The summed E-state index contributed by atoms with van der Waals surface area (Å²) in [5, 5.41) is 2.64. The van der Waals surface area contributed by atoms with E-state index in [9.17, 15) is 18.4 Å². The minimum atomic E-state index is -2.74. The lowest BCUT2D eigenvalue weighted by atomic mass is 9.81. The van der Waals surface area contributed by atoms with E-state index in [2.05, 4.69) is 10.3 Å². The summed E-state index contributed by atoms with van der Waals surface area (Å²) in [6.45, 7) is 4.60. The lowest BCUT2D eigenvalue weighted by Gasteiger charge is -2.36. The number of carbonyl (C=O) groups excluding carboxylic acids is 2. The Hall–Kier alpha value is -2.55. The van der Waals surface area contributed by atoms with Gasteiger partial charge in [0.25, 0.3) is 0 Å². The molecule has 2 heterocycles. The van der Waals surface area contributed by atoms with E-state index in [1.165, 1.54) is 0 Å². The van der Waals surface area contributed by atoms with E-state index < -0.39 is 30.6 Å². The molecule has 0 bridgehead atoms. The molecule has 1 unspecified atom stereocenters. The van der Waals surface area contributed by atoms with Crippen LogP contribution < -0.4 is 10.1 Å². The van der Waals surface area contributed by atoms with E-state index in [1.807, 2.05) is 38.1 Å². The number of rotatable bonds is 7. The van der Waals surface area contributed by atoms with E-state index in [0.29, 0.717) is 6.54 Å². The number of nitrogens with one attached hydrogen (secondary N) is 1. The molecule has 2 amide bonds. The topological polar surface area (TPSA) is 71.5 Å². The van der Waals surface area contributed by atoms with Crippen molar-refractivity contribution in [3.05, 3.63) is 45.9 Å². The van der Waals surface area contributed by atoms with Crippen LogP contribution in [0.5, 0.6) is 5.75 Å². The molecule has 172 valence electrons. The normalized spacial score (nSPS) is 19.9. The van der Waals surface area contributed by atoms with Crippen molar-refractivity contribution in [1.29, 1.82) is 0 Å². The standard InChI is InChI=1S/C23H27F2N3O3S/c1-14(2)31-17-5-3-4-15(10-17)21-20-18(32-13-27-20)7-9-28(21)19(29)6-8-26-22(30)16-11-23(24,25)12-16/h3-5,10,13-14,16,21H,6-9,11-12H2,1-2H3,(H,26,30). The van der Waals surface area contributed by atoms with Crippen LogP contribution in [0.15, 0.2) is 29.8 Å². The summed E-state index contributed by atoms with van der Waals surface area (Å²) in [5.74, 6) is -3.18. The highest BCUT2D eigenvalue weighted by Crippen LogP contribution is 2.42. The van der Waals surface area contributed by atoms with E-state index in [4.69, 9.17) is 4.74 Å². The fraction of sp³-hybridized carbons (Fsp3) is 0.522. The Morgan fingerprint density at radius 2 is 2.12 bits per heavy atom. The maximum atomic E-state index is 13.1. The van der Waals surface area contributed by atoms with Crippen molar-refractivity contribution in [1.82, 2.24) is 15.2 Å². The third kappa shape index (κ3) is 4.92. The van der Waals surface area contributed by atoms with Gasteiger partial charge in [0.1, 0.15) is 11.8 Å². The lowest BCUT2D eigenvalue weighted by Crippen LogP contribution is -2.46. The number of benzene rings is 1. The van der Waals surface area contributed by atoms with Gasteiger partial charge in [0, 0.05) is 49.6 Å².